The normalized spacial score (nSPS) is 12.6. The van der Waals surface area contributed by atoms with Gasteiger partial charge in [0.1, 0.15) is 0 Å². The van der Waals surface area contributed by atoms with Crippen molar-refractivity contribution >= 4 is 0 Å². The monoisotopic (exact) mass is 440 g/mol. The van der Waals surface area contributed by atoms with Gasteiger partial charge in [0.15, 0.2) is 0 Å². The van der Waals surface area contributed by atoms with Crippen LogP contribution in [-0.2, 0) is 22.6 Å². The standard InChI is InChI=1S/C28H44N2O2/c1-27(2,3)29(23-25-13-9-7-10-14-25)17-19-31-21-22-32-20-18-30(28(4,5)6)24-26-15-11-8-12-16-26/h7-16H,17-24H2,1-6H3. The smallest absolute Gasteiger partial charge is 0.0701 e. The number of nitrogens with zero attached hydrogens (tertiary/aromatic N) is 2. The Morgan fingerprint density at radius 2 is 0.875 bits per heavy atom. The van der Waals surface area contributed by atoms with Crippen molar-refractivity contribution in [1.82, 2.24) is 9.80 Å². The summed E-state index contributed by atoms with van der Waals surface area (Å²) in [4.78, 5) is 4.93. The van der Waals surface area contributed by atoms with E-state index in [0.717, 1.165) is 39.4 Å². The molecule has 2 rings (SSSR count). The first-order chi connectivity index (χ1) is 15.2. The molecule has 2 aromatic rings. The number of rotatable bonds is 13. The fraction of sp³-hybridized carbons (Fsp3) is 0.571. The van der Waals surface area contributed by atoms with Crippen LogP contribution in [0.4, 0.5) is 0 Å². The van der Waals surface area contributed by atoms with Gasteiger partial charge in [-0.15, -0.1) is 0 Å². The molecular formula is C28H44N2O2. The van der Waals surface area contributed by atoms with Gasteiger partial charge in [-0.25, -0.2) is 0 Å². The maximum Gasteiger partial charge on any atom is 0.0701 e. The molecule has 0 aliphatic heterocycles. The van der Waals surface area contributed by atoms with Crippen molar-refractivity contribution in [2.45, 2.75) is 65.7 Å². The Kier molecular flexibility index (Phi) is 10.9. The van der Waals surface area contributed by atoms with Gasteiger partial charge in [-0.2, -0.15) is 0 Å². The fourth-order valence-electron chi connectivity index (χ4n) is 3.58. The van der Waals surface area contributed by atoms with Gasteiger partial charge < -0.3 is 9.47 Å². The lowest BCUT2D eigenvalue weighted by molar-refractivity contribution is 0.0102. The highest BCUT2D eigenvalue weighted by atomic mass is 16.5. The molecule has 4 heteroatoms. The highest BCUT2D eigenvalue weighted by molar-refractivity contribution is 5.15. The average Bonchev–Trinajstić information content (AvgIpc) is 2.74. The molecule has 0 saturated heterocycles. The zero-order chi connectivity index (χ0) is 23.5. The second-order valence-corrected chi connectivity index (χ2v) is 10.4. The summed E-state index contributed by atoms with van der Waals surface area (Å²) in [5.74, 6) is 0. The molecule has 32 heavy (non-hydrogen) atoms. The third-order valence-electron chi connectivity index (χ3n) is 5.71. The Morgan fingerprint density at radius 1 is 0.531 bits per heavy atom. The second-order valence-electron chi connectivity index (χ2n) is 10.4. The number of ether oxygens (including phenoxy) is 2. The highest BCUT2D eigenvalue weighted by Gasteiger charge is 2.22. The Labute approximate surface area is 196 Å². The minimum Gasteiger partial charge on any atom is -0.378 e. The van der Waals surface area contributed by atoms with Gasteiger partial charge in [0.2, 0.25) is 0 Å². The summed E-state index contributed by atoms with van der Waals surface area (Å²) in [6.07, 6.45) is 0. The third-order valence-corrected chi connectivity index (χ3v) is 5.71. The van der Waals surface area contributed by atoms with E-state index >= 15 is 0 Å². The zero-order valence-corrected chi connectivity index (χ0v) is 21.1. The molecule has 4 nitrogen and oxygen atoms in total. The largest absolute Gasteiger partial charge is 0.378 e. The van der Waals surface area contributed by atoms with E-state index < -0.39 is 0 Å². The predicted molar refractivity (Wildman–Crippen MR) is 135 cm³/mol. The van der Waals surface area contributed by atoms with Crippen LogP contribution in [0.15, 0.2) is 60.7 Å². The lowest BCUT2D eigenvalue weighted by Gasteiger charge is -2.36. The van der Waals surface area contributed by atoms with Crippen molar-refractivity contribution in [3.05, 3.63) is 71.8 Å². The molecule has 0 bridgehead atoms. The van der Waals surface area contributed by atoms with Gasteiger partial charge in [-0.05, 0) is 52.7 Å². The van der Waals surface area contributed by atoms with Crippen molar-refractivity contribution in [2.24, 2.45) is 0 Å². The summed E-state index contributed by atoms with van der Waals surface area (Å²) in [5.41, 5.74) is 2.88. The van der Waals surface area contributed by atoms with Crippen molar-refractivity contribution in [3.8, 4) is 0 Å². The van der Waals surface area contributed by atoms with Crippen LogP contribution in [0.3, 0.4) is 0 Å². The van der Waals surface area contributed by atoms with E-state index in [1.54, 1.807) is 0 Å². The molecule has 178 valence electrons. The van der Waals surface area contributed by atoms with E-state index in [-0.39, 0.29) is 11.1 Å². The predicted octanol–water partition coefficient (Wildman–Crippen LogP) is 5.62. The molecular weight excluding hydrogens is 396 g/mol. The molecule has 0 saturated carbocycles. The van der Waals surface area contributed by atoms with Gasteiger partial charge >= 0.3 is 0 Å². The molecule has 0 aliphatic rings. The SMILES string of the molecule is CC(C)(C)N(CCOCCOCCN(Cc1ccccc1)C(C)(C)C)Cc1ccccc1. The lowest BCUT2D eigenvalue weighted by atomic mass is 10.0. The van der Waals surface area contributed by atoms with E-state index in [1.165, 1.54) is 11.1 Å². The maximum absolute atomic E-state index is 5.89. The number of benzene rings is 2. The highest BCUT2D eigenvalue weighted by Crippen LogP contribution is 2.18. The molecule has 0 aromatic heterocycles. The van der Waals surface area contributed by atoms with Gasteiger partial charge in [0.05, 0.1) is 26.4 Å². The van der Waals surface area contributed by atoms with Crippen LogP contribution in [0, 0.1) is 0 Å². The van der Waals surface area contributed by atoms with E-state index in [2.05, 4.69) is 112 Å². The molecule has 0 fully saturated rings. The van der Waals surface area contributed by atoms with Crippen LogP contribution in [-0.4, -0.2) is 60.4 Å². The maximum atomic E-state index is 5.89. The van der Waals surface area contributed by atoms with Crippen LogP contribution in [0.25, 0.3) is 0 Å². The first-order valence-electron chi connectivity index (χ1n) is 11.9. The van der Waals surface area contributed by atoms with E-state index in [0.29, 0.717) is 13.2 Å². The Hall–Kier alpha value is -1.72. The Bertz CT molecular complexity index is 670. The minimum absolute atomic E-state index is 0.102. The summed E-state index contributed by atoms with van der Waals surface area (Å²) in [6.45, 7) is 20.0. The minimum atomic E-state index is 0.102. The van der Waals surface area contributed by atoms with Crippen LogP contribution >= 0.6 is 0 Å². The number of hydrogen-bond acceptors (Lipinski definition) is 4. The van der Waals surface area contributed by atoms with Gasteiger partial charge in [-0.3, -0.25) is 9.80 Å². The third kappa shape index (κ3) is 10.3. The molecule has 0 unspecified atom stereocenters. The summed E-state index contributed by atoms with van der Waals surface area (Å²) in [7, 11) is 0. The summed E-state index contributed by atoms with van der Waals surface area (Å²) >= 11 is 0. The summed E-state index contributed by atoms with van der Waals surface area (Å²) < 4.78 is 11.8. The van der Waals surface area contributed by atoms with Gasteiger partial charge in [0, 0.05) is 37.3 Å². The van der Waals surface area contributed by atoms with Crippen molar-refractivity contribution in [2.75, 3.05) is 39.5 Å². The number of hydrogen-bond donors (Lipinski definition) is 0. The molecule has 0 N–H and O–H groups in total. The van der Waals surface area contributed by atoms with E-state index in [9.17, 15) is 0 Å². The van der Waals surface area contributed by atoms with E-state index in [4.69, 9.17) is 9.47 Å². The fourth-order valence-corrected chi connectivity index (χ4v) is 3.58. The Morgan fingerprint density at radius 3 is 1.19 bits per heavy atom. The van der Waals surface area contributed by atoms with Crippen molar-refractivity contribution in [3.63, 3.8) is 0 Å². The molecule has 0 spiro atoms. The average molecular weight is 441 g/mol. The molecule has 2 aromatic carbocycles. The van der Waals surface area contributed by atoms with Crippen molar-refractivity contribution in [1.29, 1.82) is 0 Å². The molecule has 0 atom stereocenters. The topological polar surface area (TPSA) is 24.9 Å². The Balaban J connectivity index is 1.65. The van der Waals surface area contributed by atoms with Crippen LogP contribution < -0.4 is 0 Å². The van der Waals surface area contributed by atoms with Gasteiger partial charge in [-0.1, -0.05) is 60.7 Å². The molecule has 0 amide bonds. The van der Waals surface area contributed by atoms with Crippen LogP contribution in [0.2, 0.25) is 0 Å². The lowest BCUT2D eigenvalue weighted by Crippen LogP contribution is -2.43. The quantitative estimate of drug-likeness (QED) is 0.377. The summed E-state index contributed by atoms with van der Waals surface area (Å²) in [6, 6.07) is 21.3. The van der Waals surface area contributed by atoms with E-state index in [1.807, 2.05) is 0 Å². The first-order valence-corrected chi connectivity index (χ1v) is 11.9. The summed E-state index contributed by atoms with van der Waals surface area (Å²) in [5, 5.41) is 0. The zero-order valence-electron chi connectivity index (χ0n) is 21.1. The first kappa shape index (κ1) is 26.5. The second kappa shape index (κ2) is 13.1. The van der Waals surface area contributed by atoms with Crippen LogP contribution in [0.5, 0.6) is 0 Å². The van der Waals surface area contributed by atoms with Gasteiger partial charge in [0.25, 0.3) is 0 Å². The van der Waals surface area contributed by atoms with Crippen LogP contribution in [0.1, 0.15) is 52.7 Å². The molecule has 0 aliphatic carbocycles. The molecule has 0 radical (unpaired) electrons. The molecule has 0 heterocycles. The van der Waals surface area contributed by atoms with Crippen molar-refractivity contribution < 1.29 is 9.47 Å².